The molecule has 2 rings (SSSR count). The number of aromatic amines is 1. The third kappa shape index (κ3) is 4.25. The molecule has 0 saturated carbocycles. The van der Waals surface area contributed by atoms with Crippen molar-refractivity contribution in [3.05, 3.63) is 30.0 Å². The highest BCUT2D eigenvalue weighted by Crippen LogP contribution is 2.21. The van der Waals surface area contributed by atoms with Crippen molar-refractivity contribution in [1.82, 2.24) is 4.98 Å². The summed E-state index contributed by atoms with van der Waals surface area (Å²) in [7, 11) is -3.85. The summed E-state index contributed by atoms with van der Waals surface area (Å²) in [6.07, 6.45) is 0.980. The van der Waals surface area contributed by atoms with E-state index in [-0.39, 0.29) is 5.75 Å². The van der Waals surface area contributed by atoms with Crippen LogP contribution in [0.1, 0.15) is 18.5 Å². The summed E-state index contributed by atoms with van der Waals surface area (Å²) in [5.74, 6) is 0.546. The summed E-state index contributed by atoms with van der Waals surface area (Å²) in [4.78, 5) is 3.23. The second-order valence-electron chi connectivity index (χ2n) is 4.54. The molecule has 19 heavy (non-hydrogen) atoms. The van der Waals surface area contributed by atoms with Crippen LogP contribution in [-0.4, -0.2) is 30.3 Å². The van der Waals surface area contributed by atoms with Gasteiger partial charge < -0.3 is 9.72 Å². The zero-order valence-electron chi connectivity index (χ0n) is 10.7. The van der Waals surface area contributed by atoms with Crippen LogP contribution in [0.3, 0.4) is 0 Å². The summed E-state index contributed by atoms with van der Waals surface area (Å²) >= 11 is 0. The lowest BCUT2D eigenvalue weighted by atomic mass is 10.2. The minimum atomic E-state index is -3.85. The number of rotatable bonds is 6. The van der Waals surface area contributed by atoms with Crippen LogP contribution >= 0.6 is 0 Å². The van der Waals surface area contributed by atoms with Gasteiger partial charge in [0, 0.05) is 16.6 Å². The summed E-state index contributed by atoms with van der Waals surface area (Å²) in [6, 6.07) is 7.82. The van der Waals surface area contributed by atoms with Crippen LogP contribution in [0.4, 0.5) is 0 Å². The van der Waals surface area contributed by atoms with Gasteiger partial charge in [-0.3, -0.25) is 4.55 Å². The molecule has 1 aromatic heterocycles. The number of H-pyrrole nitrogens is 1. The standard InChI is InChI=1S/C13H17NO4S/c1-10-8-11-9-12(4-5-13(11)14-10)18-6-2-3-7-19(15,16)17/h4-5,8-9,14H,2-3,6-7H2,1H3,(H,15,16,17). The van der Waals surface area contributed by atoms with Crippen molar-refractivity contribution in [3.63, 3.8) is 0 Å². The Kier molecular flexibility index (Phi) is 4.11. The van der Waals surface area contributed by atoms with Crippen LogP contribution < -0.4 is 4.74 Å². The number of ether oxygens (including phenoxy) is 1. The average Bonchev–Trinajstić information content (AvgIpc) is 2.66. The van der Waals surface area contributed by atoms with E-state index in [0.717, 1.165) is 22.3 Å². The Morgan fingerprint density at radius 3 is 2.79 bits per heavy atom. The first kappa shape index (κ1) is 13.9. The lowest BCUT2D eigenvalue weighted by molar-refractivity contribution is 0.309. The van der Waals surface area contributed by atoms with Gasteiger partial charge in [0.1, 0.15) is 5.75 Å². The van der Waals surface area contributed by atoms with Crippen LogP contribution in [0.2, 0.25) is 0 Å². The molecule has 0 aliphatic heterocycles. The van der Waals surface area contributed by atoms with E-state index >= 15 is 0 Å². The predicted octanol–water partition coefficient (Wildman–Crippen LogP) is 2.52. The molecule has 0 unspecified atom stereocenters. The van der Waals surface area contributed by atoms with E-state index in [9.17, 15) is 8.42 Å². The van der Waals surface area contributed by atoms with Gasteiger partial charge in [-0.15, -0.1) is 0 Å². The molecule has 0 aliphatic carbocycles. The fraction of sp³-hybridized carbons (Fsp3) is 0.385. The molecule has 2 aromatic rings. The second-order valence-corrected chi connectivity index (χ2v) is 6.12. The van der Waals surface area contributed by atoms with Crippen molar-refractivity contribution in [2.75, 3.05) is 12.4 Å². The highest BCUT2D eigenvalue weighted by atomic mass is 32.2. The molecule has 0 saturated heterocycles. The Morgan fingerprint density at radius 1 is 1.26 bits per heavy atom. The first-order valence-electron chi connectivity index (χ1n) is 6.11. The number of benzene rings is 1. The smallest absolute Gasteiger partial charge is 0.264 e. The molecule has 2 N–H and O–H groups in total. The number of nitrogens with one attached hydrogen (secondary N) is 1. The van der Waals surface area contributed by atoms with Gasteiger partial charge in [-0.2, -0.15) is 8.42 Å². The van der Waals surface area contributed by atoms with Gasteiger partial charge >= 0.3 is 0 Å². The predicted molar refractivity (Wildman–Crippen MR) is 74.2 cm³/mol. The van der Waals surface area contributed by atoms with Crippen LogP contribution in [0.5, 0.6) is 5.75 Å². The third-order valence-electron chi connectivity index (χ3n) is 2.79. The normalized spacial score (nSPS) is 11.9. The van der Waals surface area contributed by atoms with Crippen molar-refractivity contribution >= 4 is 21.0 Å². The molecule has 0 bridgehead atoms. The van der Waals surface area contributed by atoms with E-state index in [0.29, 0.717) is 19.4 Å². The lowest BCUT2D eigenvalue weighted by Gasteiger charge is -2.05. The molecule has 0 fully saturated rings. The molecule has 0 aliphatic rings. The summed E-state index contributed by atoms with van der Waals surface area (Å²) in [5.41, 5.74) is 2.16. The Labute approximate surface area is 112 Å². The van der Waals surface area contributed by atoms with Gasteiger partial charge in [0.2, 0.25) is 0 Å². The molecule has 104 valence electrons. The maximum absolute atomic E-state index is 10.5. The Morgan fingerprint density at radius 2 is 2.05 bits per heavy atom. The average molecular weight is 283 g/mol. The number of aryl methyl sites for hydroxylation is 1. The molecule has 0 atom stereocenters. The molecule has 6 heteroatoms. The van der Waals surface area contributed by atoms with Gasteiger partial charge in [-0.25, -0.2) is 0 Å². The van der Waals surface area contributed by atoms with E-state index in [1.54, 1.807) is 0 Å². The van der Waals surface area contributed by atoms with Gasteiger partial charge in [-0.1, -0.05) is 0 Å². The molecule has 5 nitrogen and oxygen atoms in total. The number of hydrogen-bond donors (Lipinski definition) is 2. The summed E-state index contributed by atoms with van der Waals surface area (Å²) in [5, 5.41) is 1.09. The second kappa shape index (κ2) is 5.63. The van der Waals surface area contributed by atoms with E-state index in [1.807, 2.05) is 31.2 Å². The molecule has 0 amide bonds. The number of aromatic nitrogens is 1. The topological polar surface area (TPSA) is 79.4 Å². The first-order valence-corrected chi connectivity index (χ1v) is 7.72. The van der Waals surface area contributed by atoms with Gasteiger partial charge in [0.05, 0.1) is 12.4 Å². The Bertz CT molecular complexity index is 660. The van der Waals surface area contributed by atoms with Crippen LogP contribution in [0.25, 0.3) is 10.9 Å². The number of fused-ring (bicyclic) bond motifs is 1. The third-order valence-corrected chi connectivity index (χ3v) is 3.60. The largest absolute Gasteiger partial charge is 0.494 e. The van der Waals surface area contributed by atoms with E-state index in [1.165, 1.54) is 0 Å². The fourth-order valence-corrected chi connectivity index (χ4v) is 2.49. The van der Waals surface area contributed by atoms with Crippen LogP contribution in [0, 0.1) is 6.92 Å². The molecule has 1 aromatic carbocycles. The lowest BCUT2D eigenvalue weighted by Crippen LogP contribution is -2.06. The highest BCUT2D eigenvalue weighted by Gasteiger charge is 2.04. The van der Waals surface area contributed by atoms with E-state index in [2.05, 4.69) is 4.98 Å². The Hall–Kier alpha value is -1.53. The van der Waals surface area contributed by atoms with Gasteiger partial charge in [0.15, 0.2) is 0 Å². The zero-order chi connectivity index (χ0) is 13.9. The van der Waals surface area contributed by atoms with Crippen molar-refractivity contribution in [2.24, 2.45) is 0 Å². The minimum absolute atomic E-state index is 0.216. The SMILES string of the molecule is Cc1cc2cc(OCCCCS(=O)(=O)O)ccc2[nH]1. The van der Waals surface area contributed by atoms with Crippen LogP contribution in [0.15, 0.2) is 24.3 Å². The van der Waals surface area contributed by atoms with Gasteiger partial charge in [-0.05, 0) is 44.0 Å². The van der Waals surface area contributed by atoms with Crippen molar-refractivity contribution in [2.45, 2.75) is 19.8 Å². The molecule has 0 spiro atoms. The monoisotopic (exact) mass is 283 g/mol. The maximum Gasteiger partial charge on any atom is 0.264 e. The van der Waals surface area contributed by atoms with Crippen molar-refractivity contribution < 1.29 is 17.7 Å². The highest BCUT2D eigenvalue weighted by molar-refractivity contribution is 7.85. The van der Waals surface area contributed by atoms with Gasteiger partial charge in [0.25, 0.3) is 10.1 Å². The zero-order valence-corrected chi connectivity index (χ0v) is 11.5. The maximum atomic E-state index is 10.5. The van der Waals surface area contributed by atoms with E-state index < -0.39 is 10.1 Å². The number of unbranched alkanes of at least 4 members (excludes halogenated alkanes) is 1. The minimum Gasteiger partial charge on any atom is -0.494 e. The van der Waals surface area contributed by atoms with Crippen molar-refractivity contribution in [1.29, 1.82) is 0 Å². The molecule has 1 heterocycles. The number of hydrogen-bond acceptors (Lipinski definition) is 3. The molecular weight excluding hydrogens is 266 g/mol. The fourth-order valence-electron chi connectivity index (χ4n) is 1.92. The quantitative estimate of drug-likeness (QED) is 0.630. The first-order chi connectivity index (χ1) is 8.94. The summed E-state index contributed by atoms with van der Waals surface area (Å²) < 4.78 is 35.2. The molecular formula is C13H17NO4S. The molecule has 0 radical (unpaired) electrons. The van der Waals surface area contributed by atoms with E-state index in [4.69, 9.17) is 9.29 Å². The Balaban J connectivity index is 1.84. The summed E-state index contributed by atoms with van der Waals surface area (Å²) in [6.45, 7) is 2.43. The van der Waals surface area contributed by atoms with Crippen LogP contribution in [-0.2, 0) is 10.1 Å². The van der Waals surface area contributed by atoms with Crippen molar-refractivity contribution in [3.8, 4) is 5.75 Å².